The van der Waals surface area contributed by atoms with Crippen LogP contribution in [0.5, 0.6) is 0 Å². The van der Waals surface area contributed by atoms with Crippen LogP contribution in [0.3, 0.4) is 0 Å². The molecule has 0 aromatic heterocycles. The molecule has 0 amide bonds. The topological polar surface area (TPSA) is 0 Å². The molecule has 2 aromatic rings. The summed E-state index contributed by atoms with van der Waals surface area (Å²) in [5.74, 6) is -0.389. The van der Waals surface area contributed by atoms with Gasteiger partial charge in [-0.2, -0.15) is 0 Å². The van der Waals surface area contributed by atoms with Gasteiger partial charge in [-0.05, 0) is 23.3 Å². The first-order valence-electron chi connectivity index (χ1n) is 4.82. The van der Waals surface area contributed by atoms with Gasteiger partial charge in [0, 0.05) is 0 Å². The second-order valence-electron chi connectivity index (χ2n) is 3.45. The molecule has 2 rings (SSSR count). The number of benzene rings is 2. The zero-order valence-electron chi connectivity index (χ0n) is 8.33. The third-order valence-corrected chi connectivity index (χ3v) is 3.69. The van der Waals surface area contributed by atoms with Crippen LogP contribution in [-0.2, 0) is 0 Å². The first kappa shape index (κ1) is 11.6. The van der Waals surface area contributed by atoms with Crippen molar-refractivity contribution in [3.05, 3.63) is 70.5 Å². The zero-order valence-corrected chi connectivity index (χ0v) is 10.7. The second-order valence-corrected chi connectivity index (χ2v) is 4.77. The average molecular weight is 300 g/mol. The molecule has 0 aliphatic carbocycles. The Hall–Kier alpha value is -0.860. The van der Waals surface area contributed by atoms with Crippen LogP contribution in [0.25, 0.3) is 0 Å². The molecule has 0 spiro atoms. The Kier molecular flexibility index (Phi) is 3.62. The summed E-state index contributed by atoms with van der Waals surface area (Å²) in [6.45, 7) is 0. The Morgan fingerprint density at radius 1 is 1.00 bits per heavy atom. The van der Waals surface area contributed by atoms with E-state index in [0.717, 1.165) is 11.1 Å². The monoisotopic (exact) mass is 298 g/mol. The van der Waals surface area contributed by atoms with Gasteiger partial charge in [0.1, 0.15) is 5.82 Å². The third-order valence-electron chi connectivity index (χ3n) is 2.33. The van der Waals surface area contributed by atoms with Gasteiger partial charge in [0.2, 0.25) is 0 Å². The molecule has 0 fully saturated rings. The number of alkyl halides is 1. The van der Waals surface area contributed by atoms with Crippen molar-refractivity contribution in [3.63, 3.8) is 0 Å². The molecule has 1 unspecified atom stereocenters. The Bertz CT molecular complexity index is 485. The predicted molar refractivity (Wildman–Crippen MR) is 68.6 cm³/mol. The van der Waals surface area contributed by atoms with Crippen molar-refractivity contribution in [2.75, 3.05) is 0 Å². The first-order chi connectivity index (χ1) is 7.68. The van der Waals surface area contributed by atoms with E-state index in [9.17, 15) is 4.39 Å². The number of hydrogen-bond acceptors (Lipinski definition) is 0. The Balaban J connectivity index is 2.34. The third kappa shape index (κ3) is 2.45. The lowest BCUT2D eigenvalue weighted by molar-refractivity contribution is 0.626. The zero-order chi connectivity index (χ0) is 11.5. The summed E-state index contributed by atoms with van der Waals surface area (Å²) in [5, 5.41) is 0.150. The summed E-state index contributed by atoms with van der Waals surface area (Å²) in [5.41, 5.74) is 1.94. The van der Waals surface area contributed by atoms with Crippen molar-refractivity contribution in [2.45, 2.75) is 4.83 Å². The standard InChI is InChI=1S/C13H9BrClF/c14-13(9-4-2-1-3-5-9)10-6-7-11(15)12(16)8-10/h1-8,13H. The quantitative estimate of drug-likeness (QED) is 0.687. The Morgan fingerprint density at radius 2 is 1.69 bits per heavy atom. The first-order valence-corrected chi connectivity index (χ1v) is 6.12. The van der Waals surface area contributed by atoms with E-state index in [1.807, 2.05) is 36.4 Å². The van der Waals surface area contributed by atoms with E-state index >= 15 is 0 Å². The van der Waals surface area contributed by atoms with Crippen LogP contribution in [0.15, 0.2) is 48.5 Å². The van der Waals surface area contributed by atoms with Crippen molar-refractivity contribution < 1.29 is 4.39 Å². The molecule has 0 bridgehead atoms. The highest BCUT2D eigenvalue weighted by Crippen LogP contribution is 2.32. The predicted octanol–water partition coefficient (Wildman–Crippen LogP) is 4.96. The van der Waals surface area contributed by atoms with Gasteiger partial charge >= 0.3 is 0 Å². The van der Waals surface area contributed by atoms with Gasteiger partial charge in [-0.25, -0.2) is 4.39 Å². The van der Waals surface area contributed by atoms with E-state index in [0.29, 0.717) is 0 Å². The van der Waals surface area contributed by atoms with Crippen LogP contribution >= 0.6 is 27.5 Å². The molecule has 0 radical (unpaired) electrons. The highest BCUT2D eigenvalue weighted by Gasteiger charge is 2.11. The maximum atomic E-state index is 13.3. The van der Waals surface area contributed by atoms with E-state index in [1.54, 1.807) is 6.07 Å². The molecule has 3 heteroatoms. The fourth-order valence-corrected chi connectivity index (χ4v) is 2.19. The normalized spacial score (nSPS) is 12.4. The second kappa shape index (κ2) is 4.98. The molecular weight excluding hydrogens is 290 g/mol. The van der Waals surface area contributed by atoms with E-state index in [4.69, 9.17) is 11.6 Å². The smallest absolute Gasteiger partial charge is 0.142 e. The van der Waals surface area contributed by atoms with Gasteiger partial charge in [0.05, 0.1) is 9.85 Å². The highest BCUT2D eigenvalue weighted by molar-refractivity contribution is 9.09. The largest absolute Gasteiger partial charge is 0.205 e. The van der Waals surface area contributed by atoms with Crippen LogP contribution in [0, 0.1) is 5.82 Å². The van der Waals surface area contributed by atoms with Gasteiger partial charge < -0.3 is 0 Å². The molecule has 0 aliphatic rings. The van der Waals surface area contributed by atoms with E-state index < -0.39 is 0 Å². The Morgan fingerprint density at radius 3 is 2.31 bits per heavy atom. The molecule has 2 aromatic carbocycles. The van der Waals surface area contributed by atoms with Crippen LogP contribution in [0.1, 0.15) is 16.0 Å². The van der Waals surface area contributed by atoms with Crippen molar-refractivity contribution in [1.82, 2.24) is 0 Å². The summed E-state index contributed by atoms with van der Waals surface area (Å²) in [6.07, 6.45) is 0. The molecule has 0 aliphatic heterocycles. The minimum atomic E-state index is -0.389. The fraction of sp³-hybridized carbons (Fsp3) is 0.0769. The summed E-state index contributed by atoms with van der Waals surface area (Å²) >= 11 is 9.18. The molecule has 0 nitrogen and oxygen atoms in total. The average Bonchev–Trinajstić information content (AvgIpc) is 2.33. The molecule has 1 atom stereocenters. The molecule has 0 saturated heterocycles. The van der Waals surface area contributed by atoms with Gasteiger partial charge in [0.25, 0.3) is 0 Å². The molecule has 0 N–H and O–H groups in total. The van der Waals surface area contributed by atoms with E-state index in [2.05, 4.69) is 15.9 Å². The summed E-state index contributed by atoms with van der Waals surface area (Å²) in [4.78, 5) is -0.0135. The van der Waals surface area contributed by atoms with E-state index in [-0.39, 0.29) is 15.7 Å². The molecular formula is C13H9BrClF. The van der Waals surface area contributed by atoms with Crippen LogP contribution in [0.4, 0.5) is 4.39 Å². The van der Waals surface area contributed by atoms with Crippen molar-refractivity contribution in [1.29, 1.82) is 0 Å². The van der Waals surface area contributed by atoms with Gasteiger partial charge in [-0.1, -0.05) is 63.9 Å². The van der Waals surface area contributed by atoms with Crippen molar-refractivity contribution in [3.8, 4) is 0 Å². The summed E-state index contributed by atoms with van der Waals surface area (Å²) in [6, 6.07) is 14.7. The lowest BCUT2D eigenvalue weighted by atomic mass is 10.1. The maximum absolute atomic E-state index is 13.3. The molecule has 82 valence electrons. The summed E-state index contributed by atoms with van der Waals surface area (Å²) in [7, 11) is 0. The van der Waals surface area contributed by atoms with Crippen molar-refractivity contribution in [2.24, 2.45) is 0 Å². The minimum absolute atomic E-state index is 0.0135. The van der Waals surface area contributed by atoms with Gasteiger partial charge in [0.15, 0.2) is 0 Å². The number of halogens is 3. The van der Waals surface area contributed by atoms with Crippen LogP contribution in [0.2, 0.25) is 5.02 Å². The minimum Gasteiger partial charge on any atom is -0.205 e. The maximum Gasteiger partial charge on any atom is 0.142 e. The number of rotatable bonds is 2. The molecule has 0 saturated carbocycles. The van der Waals surface area contributed by atoms with Crippen LogP contribution < -0.4 is 0 Å². The van der Waals surface area contributed by atoms with Gasteiger partial charge in [-0.3, -0.25) is 0 Å². The molecule has 0 heterocycles. The number of hydrogen-bond donors (Lipinski definition) is 0. The Labute approximate surface area is 107 Å². The highest BCUT2D eigenvalue weighted by atomic mass is 79.9. The SMILES string of the molecule is Fc1cc(C(Br)c2ccccc2)ccc1Cl. The van der Waals surface area contributed by atoms with E-state index in [1.165, 1.54) is 6.07 Å². The van der Waals surface area contributed by atoms with Gasteiger partial charge in [-0.15, -0.1) is 0 Å². The molecule has 16 heavy (non-hydrogen) atoms. The summed E-state index contributed by atoms with van der Waals surface area (Å²) < 4.78 is 13.3. The van der Waals surface area contributed by atoms with Crippen LogP contribution in [-0.4, -0.2) is 0 Å². The lowest BCUT2D eigenvalue weighted by Gasteiger charge is -2.10. The van der Waals surface area contributed by atoms with Crippen molar-refractivity contribution >= 4 is 27.5 Å². The lowest BCUT2D eigenvalue weighted by Crippen LogP contribution is -1.93. The fourth-order valence-electron chi connectivity index (χ4n) is 1.48.